The Bertz CT molecular complexity index is 1040. The second-order valence-corrected chi connectivity index (χ2v) is 6.06. The molecule has 0 N–H and O–H groups in total. The molecule has 0 amide bonds. The van der Waals surface area contributed by atoms with E-state index in [2.05, 4.69) is 9.47 Å². The molecular formula is C21H12F6O4. The maximum Gasteiger partial charge on any atom is 0.573 e. The third-order valence-electron chi connectivity index (χ3n) is 3.84. The zero-order valence-electron chi connectivity index (χ0n) is 15.3. The van der Waals surface area contributed by atoms with Gasteiger partial charge >= 0.3 is 12.7 Å². The fourth-order valence-electron chi connectivity index (χ4n) is 2.60. The van der Waals surface area contributed by atoms with Crippen molar-refractivity contribution in [1.29, 1.82) is 0 Å². The standard InChI is InChI=1S/C21H12F6O4/c22-20(23,24)30-17-4-1-13(2-5-17)14-3-10-19(15(11-14)12-28)29-16-6-8-18(9-7-16)31-21(25,26)27/h1-12H. The molecule has 0 saturated heterocycles. The van der Waals surface area contributed by atoms with Crippen LogP contribution < -0.4 is 14.2 Å². The molecule has 3 rings (SSSR count). The van der Waals surface area contributed by atoms with Gasteiger partial charge in [-0.05, 0) is 59.7 Å². The molecule has 0 atom stereocenters. The number of halogens is 6. The molecule has 3 aromatic carbocycles. The minimum atomic E-state index is -4.82. The zero-order chi connectivity index (χ0) is 22.6. The molecular weight excluding hydrogens is 430 g/mol. The highest BCUT2D eigenvalue weighted by atomic mass is 19.4. The van der Waals surface area contributed by atoms with Crippen molar-refractivity contribution < 1.29 is 45.3 Å². The summed E-state index contributed by atoms with van der Waals surface area (Å²) in [6.45, 7) is 0. The molecule has 4 nitrogen and oxygen atoms in total. The number of aldehydes is 1. The summed E-state index contributed by atoms with van der Waals surface area (Å²) in [6, 6.07) is 14.1. The first-order valence-corrected chi connectivity index (χ1v) is 8.51. The van der Waals surface area contributed by atoms with Gasteiger partial charge in [0.15, 0.2) is 6.29 Å². The van der Waals surface area contributed by atoms with E-state index in [1.165, 1.54) is 36.4 Å². The van der Waals surface area contributed by atoms with E-state index in [0.717, 1.165) is 24.3 Å². The monoisotopic (exact) mass is 442 g/mol. The van der Waals surface area contributed by atoms with Crippen LogP contribution >= 0.6 is 0 Å². The van der Waals surface area contributed by atoms with E-state index in [-0.39, 0.29) is 22.8 Å². The van der Waals surface area contributed by atoms with Gasteiger partial charge in [-0.1, -0.05) is 18.2 Å². The summed E-state index contributed by atoms with van der Waals surface area (Å²) < 4.78 is 86.5. The third kappa shape index (κ3) is 6.39. The molecule has 0 heterocycles. The molecule has 10 heteroatoms. The maximum atomic E-state index is 12.2. The number of carbonyl (C=O) groups is 1. The minimum Gasteiger partial charge on any atom is -0.457 e. The Morgan fingerprint density at radius 1 is 0.613 bits per heavy atom. The molecule has 0 spiro atoms. The summed E-state index contributed by atoms with van der Waals surface area (Å²) in [5, 5.41) is 0. The van der Waals surface area contributed by atoms with E-state index >= 15 is 0 Å². The van der Waals surface area contributed by atoms with Crippen molar-refractivity contribution in [2.24, 2.45) is 0 Å². The lowest BCUT2D eigenvalue weighted by atomic mass is 10.0. The fourth-order valence-corrected chi connectivity index (χ4v) is 2.60. The van der Waals surface area contributed by atoms with Crippen molar-refractivity contribution in [3.63, 3.8) is 0 Å². The molecule has 0 unspecified atom stereocenters. The van der Waals surface area contributed by atoms with Gasteiger partial charge < -0.3 is 14.2 Å². The Hall–Kier alpha value is -3.69. The Morgan fingerprint density at radius 3 is 1.55 bits per heavy atom. The number of carbonyl (C=O) groups excluding carboxylic acids is 1. The van der Waals surface area contributed by atoms with Gasteiger partial charge in [-0.15, -0.1) is 26.3 Å². The molecule has 0 aliphatic heterocycles. The van der Waals surface area contributed by atoms with E-state index in [9.17, 15) is 31.1 Å². The van der Waals surface area contributed by atoms with Crippen LogP contribution in [0, 0.1) is 0 Å². The molecule has 0 saturated carbocycles. The normalized spacial score (nSPS) is 11.7. The summed E-state index contributed by atoms with van der Waals surface area (Å²) in [7, 11) is 0. The maximum absolute atomic E-state index is 12.2. The number of rotatable bonds is 6. The average molecular weight is 442 g/mol. The lowest BCUT2D eigenvalue weighted by Crippen LogP contribution is -2.16. The van der Waals surface area contributed by atoms with Crippen molar-refractivity contribution in [2.45, 2.75) is 12.7 Å². The minimum absolute atomic E-state index is 0.128. The van der Waals surface area contributed by atoms with Crippen LogP contribution in [0.4, 0.5) is 26.3 Å². The molecule has 0 aliphatic carbocycles. The lowest BCUT2D eigenvalue weighted by molar-refractivity contribution is -0.275. The topological polar surface area (TPSA) is 44.8 Å². The quantitative estimate of drug-likeness (QED) is 0.313. The van der Waals surface area contributed by atoms with E-state index < -0.39 is 18.5 Å². The van der Waals surface area contributed by atoms with Crippen molar-refractivity contribution in [2.75, 3.05) is 0 Å². The number of alkyl halides is 6. The van der Waals surface area contributed by atoms with Crippen LogP contribution in [-0.4, -0.2) is 19.0 Å². The molecule has 0 aromatic heterocycles. The van der Waals surface area contributed by atoms with Crippen LogP contribution in [0.1, 0.15) is 10.4 Å². The first-order chi connectivity index (χ1) is 14.5. The zero-order valence-corrected chi connectivity index (χ0v) is 15.3. The van der Waals surface area contributed by atoms with E-state index in [4.69, 9.17) is 4.74 Å². The Balaban J connectivity index is 1.76. The summed E-state index contributed by atoms with van der Waals surface area (Å²) in [5.41, 5.74) is 1.18. The van der Waals surface area contributed by atoms with Crippen LogP contribution in [0.15, 0.2) is 66.7 Å². The second-order valence-electron chi connectivity index (χ2n) is 6.06. The molecule has 162 valence electrons. The molecule has 0 aliphatic rings. The van der Waals surface area contributed by atoms with Crippen molar-refractivity contribution >= 4 is 6.29 Å². The SMILES string of the molecule is O=Cc1cc(-c2ccc(OC(F)(F)F)cc2)ccc1Oc1ccc(OC(F)(F)F)cc1. The van der Waals surface area contributed by atoms with Crippen LogP contribution in [0.3, 0.4) is 0 Å². The number of benzene rings is 3. The number of ether oxygens (including phenoxy) is 3. The predicted octanol–water partition coefficient (Wildman–Crippen LogP) is 6.76. The van der Waals surface area contributed by atoms with Gasteiger partial charge in [-0.25, -0.2) is 0 Å². The van der Waals surface area contributed by atoms with Gasteiger partial charge in [0.25, 0.3) is 0 Å². The molecule has 0 fully saturated rings. The van der Waals surface area contributed by atoms with Crippen molar-refractivity contribution in [1.82, 2.24) is 0 Å². The van der Waals surface area contributed by atoms with Gasteiger partial charge in [-0.2, -0.15) is 0 Å². The van der Waals surface area contributed by atoms with Crippen molar-refractivity contribution in [3.05, 3.63) is 72.3 Å². The van der Waals surface area contributed by atoms with Crippen LogP contribution in [0.5, 0.6) is 23.0 Å². The van der Waals surface area contributed by atoms with Crippen molar-refractivity contribution in [3.8, 4) is 34.1 Å². The third-order valence-corrected chi connectivity index (χ3v) is 3.84. The molecule has 0 radical (unpaired) electrons. The molecule has 31 heavy (non-hydrogen) atoms. The highest BCUT2D eigenvalue weighted by Gasteiger charge is 2.31. The summed E-state index contributed by atoms with van der Waals surface area (Å²) >= 11 is 0. The first kappa shape index (κ1) is 22.0. The van der Waals surface area contributed by atoms with E-state index in [1.807, 2.05) is 0 Å². The number of hydrogen-bond acceptors (Lipinski definition) is 4. The first-order valence-electron chi connectivity index (χ1n) is 8.51. The fraction of sp³-hybridized carbons (Fsp3) is 0.0952. The van der Waals surface area contributed by atoms with E-state index in [1.54, 1.807) is 6.07 Å². The van der Waals surface area contributed by atoms with Crippen LogP contribution in [0.25, 0.3) is 11.1 Å². The van der Waals surface area contributed by atoms with Gasteiger partial charge in [0.1, 0.15) is 23.0 Å². The predicted molar refractivity (Wildman–Crippen MR) is 97.1 cm³/mol. The smallest absolute Gasteiger partial charge is 0.457 e. The second kappa shape index (κ2) is 8.58. The Kier molecular flexibility index (Phi) is 6.09. The van der Waals surface area contributed by atoms with E-state index in [0.29, 0.717) is 17.4 Å². The molecule has 3 aromatic rings. The molecule has 0 bridgehead atoms. The Morgan fingerprint density at radius 2 is 1.06 bits per heavy atom. The van der Waals surface area contributed by atoms with Crippen LogP contribution in [0.2, 0.25) is 0 Å². The number of hydrogen-bond donors (Lipinski definition) is 0. The largest absolute Gasteiger partial charge is 0.573 e. The highest BCUT2D eigenvalue weighted by Crippen LogP contribution is 2.32. The van der Waals surface area contributed by atoms with Gasteiger partial charge in [0, 0.05) is 0 Å². The average Bonchev–Trinajstić information content (AvgIpc) is 2.68. The van der Waals surface area contributed by atoms with Gasteiger partial charge in [0.05, 0.1) is 5.56 Å². The Labute approximate surface area is 171 Å². The van der Waals surface area contributed by atoms with Crippen LogP contribution in [-0.2, 0) is 0 Å². The van der Waals surface area contributed by atoms with Gasteiger partial charge in [-0.3, -0.25) is 4.79 Å². The lowest BCUT2D eigenvalue weighted by Gasteiger charge is -2.12. The summed E-state index contributed by atoms with van der Waals surface area (Å²) in [5.74, 6) is -0.507. The van der Waals surface area contributed by atoms with Gasteiger partial charge in [0.2, 0.25) is 0 Å². The summed E-state index contributed by atoms with van der Waals surface area (Å²) in [6.07, 6.45) is -9.11. The summed E-state index contributed by atoms with van der Waals surface area (Å²) in [4.78, 5) is 11.5. The highest BCUT2D eigenvalue weighted by molar-refractivity contribution is 5.83.